The smallest absolute Gasteiger partial charge is 0.379 e. The Morgan fingerprint density at radius 3 is 2.63 bits per heavy atom. The highest BCUT2D eigenvalue weighted by Gasteiger charge is 2.31. The van der Waals surface area contributed by atoms with Crippen molar-refractivity contribution >= 4 is 16.9 Å². The number of benzene rings is 3. The van der Waals surface area contributed by atoms with Gasteiger partial charge in [0.15, 0.2) is 0 Å². The van der Waals surface area contributed by atoms with Crippen molar-refractivity contribution in [1.29, 1.82) is 5.26 Å². The van der Waals surface area contributed by atoms with Gasteiger partial charge < -0.3 is 24.4 Å². The molecule has 2 heterocycles. The summed E-state index contributed by atoms with van der Waals surface area (Å²) >= 11 is 0. The van der Waals surface area contributed by atoms with E-state index in [9.17, 15) is 10.1 Å². The lowest BCUT2D eigenvalue weighted by molar-refractivity contribution is 0.0702. The lowest BCUT2D eigenvalue weighted by Gasteiger charge is -2.27. The number of carbonyl (C=O) groups excluding carboxylic acids is 1. The molecule has 0 radical (unpaired) electrons. The van der Waals surface area contributed by atoms with Crippen molar-refractivity contribution in [3.05, 3.63) is 99.6 Å². The highest BCUT2D eigenvalue weighted by Crippen LogP contribution is 2.44. The molecule has 1 unspecified atom stereocenters. The van der Waals surface area contributed by atoms with Crippen molar-refractivity contribution in [2.45, 2.75) is 40.0 Å². The summed E-state index contributed by atoms with van der Waals surface area (Å²) in [5.74, 6) is 0.489. The van der Waals surface area contributed by atoms with Crippen LogP contribution in [0.4, 0.5) is 0 Å². The molecule has 0 amide bonds. The quantitative estimate of drug-likeness (QED) is 0.231. The molecule has 3 aromatic carbocycles. The molecule has 5 rings (SSSR count). The van der Waals surface area contributed by atoms with Gasteiger partial charge in [-0.05, 0) is 62.1 Å². The lowest BCUT2D eigenvalue weighted by atomic mass is 9.83. The molecule has 4 aromatic rings. The van der Waals surface area contributed by atoms with Crippen molar-refractivity contribution in [1.82, 2.24) is 0 Å². The Labute approximate surface area is 221 Å². The third-order valence-electron chi connectivity index (χ3n) is 6.88. The minimum absolute atomic E-state index is 0.00679. The van der Waals surface area contributed by atoms with E-state index in [1.54, 1.807) is 18.2 Å². The predicted molar refractivity (Wildman–Crippen MR) is 143 cm³/mol. The van der Waals surface area contributed by atoms with Gasteiger partial charge in [0.1, 0.15) is 34.5 Å². The van der Waals surface area contributed by atoms with E-state index >= 15 is 0 Å². The number of aryl methyl sites for hydroxylation is 3. The van der Waals surface area contributed by atoms with E-state index in [2.05, 4.69) is 6.07 Å². The van der Waals surface area contributed by atoms with Crippen LogP contribution in [-0.4, -0.2) is 12.6 Å². The maximum atomic E-state index is 13.1. The van der Waals surface area contributed by atoms with Gasteiger partial charge in [-0.3, -0.25) is 0 Å². The van der Waals surface area contributed by atoms with E-state index in [1.165, 1.54) is 0 Å². The number of carbonyl (C=O) groups is 1. The van der Waals surface area contributed by atoms with Gasteiger partial charge in [-0.2, -0.15) is 5.26 Å². The summed E-state index contributed by atoms with van der Waals surface area (Å²) < 4.78 is 23.2. The van der Waals surface area contributed by atoms with Gasteiger partial charge in [-0.15, -0.1) is 0 Å². The summed E-state index contributed by atoms with van der Waals surface area (Å²) in [5.41, 5.74) is 11.5. The second kappa shape index (κ2) is 9.98. The molecule has 0 bridgehead atoms. The van der Waals surface area contributed by atoms with E-state index in [4.69, 9.17) is 24.4 Å². The monoisotopic (exact) mass is 508 g/mol. The van der Waals surface area contributed by atoms with E-state index in [0.717, 1.165) is 39.6 Å². The van der Waals surface area contributed by atoms with Gasteiger partial charge in [-0.1, -0.05) is 37.3 Å². The number of hydrogen-bond acceptors (Lipinski definition) is 7. The molecule has 0 fully saturated rings. The first-order valence-corrected chi connectivity index (χ1v) is 12.5. The summed E-state index contributed by atoms with van der Waals surface area (Å²) in [7, 11) is 0. The largest absolute Gasteiger partial charge is 0.494 e. The Morgan fingerprint density at radius 1 is 1.05 bits per heavy atom. The van der Waals surface area contributed by atoms with Gasteiger partial charge in [0, 0.05) is 22.6 Å². The lowest BCUT2D eigenvalue weighted by Crippen LogP contribution is -2.21. The third kappa shape index (κ3) is 4.35. The second-order valence-electron chi connectivity index (χ2n) is 9.38. The average Bonchev–Trinajstić information content (AvgIpc) is 3.25. The zero-order valence-electron chi connectivity index (χ0n) is 21.8. The van der Waals surface area contributed by atoms with Gasteiger partial charge in [-0.25, -0.2) is 4.79 Å². The standard InChI is InChI=1S/C31H28N2O5/c1-5-13-35-21-8-6-7-20(14-21)27-24-12-10-22(15-26(24)37-30(33)25(27)16-32)36-31(34)29-19(4)23-11-9-17(2)18(3)28(23)38-29/h6-12,14-15,27H,5,13,33H2,1-4H3. The Hall–Kier alpha value is -4.70. The Balaban J connectivity index is 1.48. The van der Waals surface area contributed by atoms with Crippen LogP contribution in [0.3, 0.4) is 0 Å². The summed E-state index contributed by atoms with van der Waals surface area (Å²) in [5, 5.41) is 10.8. The zero-order valence-corrected chi connectivity index (χ0v) is 21.8. The van der Waals surface area contributed by atoms with Crippen molar-refractivity contribution in [2.24, 2.45) is 5.73 Å². The van der Waals surface area contributed by atoms with Crippen LogP contribution in [0.15, 0.2) is 70.5 Å². The number of hydrogen-bond donors (Lipinski definition) is 1. The van der Waals surface area contributed by atoms with Crippen LogP contribution in [0.25, 0.3) is 11.0 Å². The van der Waals surface area contributed by atoms with E-state index in [1.807, 2.05) is 64.1 Å². The Kier molecular flexibility index (Phi) is 6.56. The molecule has 0 saturated carbocycles. The molecule has 1 aromatic heterocycles. The molecule has 1 aliphatic heterocycles. The molecule has 0 aliphatic carbocycles. The summed E-state index contributed by atoms with van der Waals surface area (Å²) in [4.78, 5) is 13.1. The number of nitriles is 1. The Morgan fingerprint density at radius 2 is 1.87 bits per heavy atom. The number of esters is 1. The zero-order chi connectivity index (χ0) is 27.0. The summed E-state index contributed by atoms with van der Waals surface area (Å²) in [6, 6.07) is 18.8. The summed E-state index contributed by atoms with van der Waals surface area (Å²) in [6.07, 6.45) is 0.884. The molecule has 0 saturated heterocycles. The maximum absolute atomic E-state index is 13.1. The number of nitrogens with zero attached hydrogens (tertiary/aromatic N) is 1. The van der Waals surface area contributed by atoms with Gasteiger partial charge in [0.05, 0.1) is 12.5 Å². The molecule has 38 heavy (non-hydrogen) atoms. The third-order valence-corrected chi connectivity index (χ3v) is 6.88. The molecular weight excluding hydrogens is 480 g/mol. The van der Waals surface area contributed by atoms with Crippen LogP contribution in [0.2, 0.25) is 0 Å². The van der Waals surface area contributed by atoms with Crippen molar-refractivity contribution in [3.8, 4) is 23.3 Å². The highest BCUT2D eigenvalue weighted by atomic mass is 16.5. The molecule has 7 heteroatoms. The van der Waals surface area contributed by atoms with Crippen LogP contribution < -0.4 is 19.9 Å². The molecule has 1 aliphatic rings. The first-order chi connectivity index (χ1) is 18.3. The first kappa shape index (κ1) is 25.0. The number of nitrogens with two attached hydrogens (primary N) is 1. The topological polar surface area (TPSA) is 108 Å². The number of allylic oxidation sites excluding steroid dienone is 1. The van der Waals surface area contributed by atoms with Crippen LogP contribution in [0, 0.1) is 32.1 Å². The second-order valence-corrected chi connectivity index (χ2v) is 9.38. The SMILES string of the molecule is CCCOc1cccc(C2C(C#N)=C(N)Oc3cc(OC(=O)c4oc5c(C)c(C)ccc5c4C)ccc32)c1. The number of ether oxygens (including phenoxy) is 3. The average molecular weight is 509 g/mol. The fourth-order valence-electron chi connectivity index (χ4n) is 4.71. The van der Waals surface area contributed by atoms with E-state index in [0.29, 0.717) is 29.3 Å². The summed E-state index contributed by atoms with van der Waals surface area (Å²) in [6.45, 7) is 8.43. The van der Waals surface area contributed by atoms with Crippen LogP contribution in [0.1, 0.15) is 57.6 Å². The number of fused-ring (bicyclic) bond motifs is 2. The fraction of sp³-hybridized carbons (Fsp3) is 0.226. The molecule has 2 N–H and O–H groups in total. The van der Waals surface area contributed by atoms with E-state index in [-0.39, 0.29) is 17.4 Å². The first-order valence-electron chi connectivity index (χ1n) is 12.5. The Bertz CT molecular complexity index is 1640. The molecule has 192 valence electrons. The number of furan rings is 1. The number of rotatable bonds is 6. The highest BCUT2D eigenvalue weighted by molar-refractivity contribution is 5.98. The molecule has 7 nitrogen and oxygen atoms in total. The van der Waals surface area contributed by atoms with Gasteiger partial charge in [0.2, 0.25) is 11.6 Å². The maximum Gasteiger partial charge on any atom is 0.379 e. The minimum atomic E-state index is -0.606. The fourth-order valence-corrected chi connectivity index (χ4v) is 4.71. The normalized spacial score (nSPS) is 14.6. The van der Waals surface area contributed by atoms with Crippen LogP contribution in [-0.2, 0) is 0 Å². The van der Waals surface area contributed by atoms with Crippen molar-refractivity contribution in [3.63, 3.8) is 0 Å². The van der Waals surface area contributed by atoms with Crippen molar-refractivity contribution in [2.75, 3.05) is 6.61 Å². The molecule has 0 spiro atoms. The predicted octanol–water partition coefficient (Wildman–Crippen LogP) is 6.58. The van der Waals surface area contributed by atoms with Gasteiger partial charge in [0.25, 0.3) is 0 Å². The van der Waals surface area contributed by atoms with E-state index < -0.39 is 11.9 Å². The van der Waals surface area contributed by atoms with Gasteiger partial charge >= 0.3 is 5.97 Å². The molecule has 1 atom stereocenters. The van der Waals surface area contributed by atoms with Crippen LogP contribution in [0.5, 0.6) is 17.2 Å². The van der Waals surface area contributed by atoms with Crippen LogP contribution >= 0.6 is 0 Å². The van der Waals surface area contributed by atoms with Crippen molar-refractivity contribution < 1.29 is 23.4 Å². The minimum Gasteiger partial charge on any atom is -0.494 e. The molecular formula is C31H28N2O5.